The van der Waals surface area contributed by atoms with Gasteiger partial charge < -0.3 is 10.4 Å². The van der Waals surface area contributed by atoms with Gasteiger partial charge in [0.25, 0.3) is 0 Å². The molecule has 1 aromatic carbocycles. The normalized spacial score (nSPS) is 30.3. The van der Waals surface area contributed by atoms with E-state index in [-0.39, 0.29) is 24.5 Å². The molecule has 4 atom stereocenters. The predicted octanol–water partition coefficient (Wildman–Crippen LogP) is 2.27. The molecule has 1 amide bonds. The van der Waals surface area contributed by atoms with E-state index in [9.17, 15) is 9.90 Å². The molecule has 0 spiro atoms. The molecule has 1 aromatic rings. The maximum atomic E-state index is 12.4. The number of carbonyl (C=O) groups excluding carboxylic acids is 1. The SMILES string of the molecule is O=C(NC(CO)c1ccccc1)C1CC2CCC1C2. The largest absolute Gasteiger partial charge is 0.394 e. The Morgan fingerprint density at radius 1 is 1.26 bits per heavy atom. The molecule has 0 aliphatic heterocycles. The Morgan fingerprint density at radius 3 is 2.63 bits per heavy atom. The molecular weight excluding hydrogens is 238 g/mol. The van der Waals surface area contributed by atoms with E-state index in [1.807, 2.05) is 30.3 Å². The van der Waals surface area contributed by atoms with Gasteiger partial charge in [-0.1, -0.05) is 36.8 Å². The lowest BCUT2D eigenvalue weighted by molar-refractivity contribution is -0.127. The van der Waals surface area contributed by atoms with E-state index in [4.69, 9.17) is 0 Å². The van der Waals surface area contributed by atoms with Crippen LogP contribution in [-0.4, -0.2) is 17.6 Å². The first-order valence-corrected chi connectivity index (χ1v) is 7.24. The monoisotopic (exact) mass is 259 g/mol. The number of benzene rings is 1. The van der Waals surface area contributed by atoms with Crippen molar-refractivity contribution < 1.29 is 9.90 Å². The van der Waals surface area contributed by atoms with E-state index in [1.165, 1.54) is 19.3 Å². The smallest absolute Gasteiger partial charge is 0.223 e. The van der Waals surface area contributed by atoms with Gasteiger partial charge in [-0.25, -0.2) is 0 Å². The van der Waals surface area contributed by atoms with Crippen molar-refractivity contribution in [2.24, 2.45) is 17.8 Å². The van der Waals surface area contributed by atoms with Gasteiger partial charge in [-0.2, -0.15) is 0 Å². The van der Waals surface area contributed by atoms with Gasteiger partial charge in [0.2, 0.25) is 5.91 Å². The van der Waals surface area contributed by atoms with Gasteiger partial charge in [-0.05, 0) is 36.7 Å². The van der Waals surface area contributed by atoms with Crippen molar-refractivity contribution in [3.8, 4) is 0 Å². The van der Waals surface area contributed by atoms with Crippen LogP contribution in [0.25, 0.3) is 0 Å². The minimum absolute atomic E-state index is 0.0451. The first-order valence-electron chi connectivity index (χ1n) is 7.24. The Bertz CT molecular complexity index is 445. The van der Waals surface area contributed by atoms with Crippen LogP contribution in [0.4, 0.5) is 0 Å². The molecule has 0 radical (unpaired) electrons. The third kappa shape index (κ3) is 2.52. The van der Waals surface area contributed by atoms with Crippen molar-refractivity contribution in [2.45, 2.75) is 31.7 Å². The highest BCUT2D eigenvalue weighted by molar-refractivity contribution is 5.80. The molecule has 2 fully saturated rings. The molecule has 102 valence electrons. The number of aliphatic hydroxyl groups is 1. The fourth-order valence-corrected chi connectivity index (χ4v) is 3.76. The number of hydrogen-bond acceptors (Lipinski definition) is 2. The summed E-state index contributed by atoms with van der Waals surface area (Å²) in [5.41, 5.74) is 0.974. The first-order chi connectivity index (χ1) is 9.28. The van der Waals surface area contributed by atoms with E-state index in [1.54, 1.807) is 0 Å². The van der Waals surface area contributed by atoms with Gasteiger partial charge in [-0.15, -0.1) is 0 Å². The average Bonchev–Trinajstić information content (AvgIpc) is 3.08. The zero-order chi connectivity index (χ0) is 13.2. The van der Waals surface area contributed by atoms with Gasteiger partial charge in [0.05, 0.1) is 12.6 Å². The second-order valence-electron chi connectivity index (χ2n) is 5.94. The lowest BCUT2D eigenvalue weighted by atomic mass is 9.88. The summed E-state index contributed by atoms with van der Waals surface area (Å²) in [6.07, 6.45) is 4.78. The standard InChI is InChI=1S/C16H21NO2/c18-10-15(12-4-2-1-3-5-12)17-16(19)14-9-11-6-7-13(14)8-11/h1-5,11,13-15,18H,6-10H2,(H,17,19). The predicted molar refractivity (Wildman–Crippen MR) is 73.3 cm³/mol. The van der Waals surface area contributed by atoms with Crippen LogP contribution < -0.4 is 5.32 Å². The highest BCUT2D eigenvalue weighted by atomic mass is 16.3. The number of amides is 1. The average molecular weight is 259 g/mol. The summed E-state index contributed by atoms with van der Waals surface area (Å²) < 4.78 is 0. The van der Waals surface area contributed by atoms with Crippen LogP contribution in [0, 0.1) is 17.8 Å². The number of carbonyl (C=O) groups is 1. The third-order valence-electron chi connectivity index (χ3n) is 4.78. The maximum Gasteiger partial charge on any atom is 0.223 e. The molecule has 0 heterocycles. The first kappa shape index (κ1) is 12.7. The zero-order valence-corrected chi connectivity index (χ0v) is 11.1. The molecule has 2 N–H and O–H groups in total. The fraction of sp³-hybridized carbons (Fsp3) is 0.562. The van der Waals surface area contributed by atoms with Gasteiger partial charge in [0.15, 0.2) is 0 Å². The Morgan fingerprint density at radius 2 is 2.05 bits per heavy atom. The van der Waals surface area contributed by atoms with Gasteiger partial charge in [0, 0.05) is 5.92 Å². The van der Waals surface area contributed by atoms with Crippen molar-refractivity contribution in [1.29, 1.82) is 0 Å². The number of nitrogens with one attached hydrogen (secondary N) is 1. The molecule has 2 aliphatic rings. The van der Waals surface area contributed by atoms with Crippen molar-refractivity contribution >= 4 is 5.91 Å². The summed E-state index contributed by atoms with van der Waals surface area (Å²) in [6, 6.07) is 9.43. The number of aliphatic hydroxyl groups excluding tert-OH is 1. The second kappa shape index (κ2) is 5.33. The molecule has 2 bridgehead atoms. The van der Waals surface area contributed by atoms with Crippen molar-refractivity contribution in [1.82, 2.24) is 5.32 Å². The molecule has 4 unspecified atom stereocenters. The minimum Gasteiger partial charge on any atom is -0.394 e. The zero-order valence-electron chi connectivity index (χ0n) is 11.1. The Hall–Kier alpha value is -1.35. The Balaban J connectivity index is 1.65. The molecular formula is C16H21NO2. The summed E-state index contributed by atoms with van der Waals surface area (Å²) in [6.45, 7) is -0.0451. The van der Waals surface area contributed by atoms with Crippen molar-refractivity contribution in [3.63, 3.8) is 0 Å². The highest BCUT2D eigenvalue weighted by Gasteiger charge is 2.43. The number of hydrogen-bond donors (Lipinski definition) is 2. The summed E-state index contributed by atoms with van der Waals surface area (Å²) >= 11 is 0. The number of fused-ring (bicyclic) bond motifs is 2. The Labute approximate surface area is 114 Å². The summed E-state index contributed by atoms with van der Waals surface area (Å²) in [5, 5.41) is 12.5. The van der Waals surface area contributed by atoms with Gasteiger partial charge >= 0.3 is 0 Å². The molecule has 2 saturated carbocycles. The third-order valence-corrected chi connectivity index (χ3v) is 4.78. The van der Waals surface area contributed by atoms with E-state index < -0.39 is 0 Å². The maximum absolute atomic E-state index is 12.4. The molecule has 3 nitrogen and oxygen atoms in total. The molecule has 2 aliphatic carbocycles. The van der Waals surface area contributed by atoms with Crippen molar-refractivity contribution in [2.75, 3.05) is 6.61 Å². The van der Waals surface area contributed by atoms with E-state index in [0.717, 1.165) is 17.9 Å². The molecule has 0 saturated heterocycles. The van der Waals surface area contributed by atoms with E-state index in [2.05, 4.69) is 5.32 Å². The van der Waals surface area contributed by atoms with E-state index >= 15 is 0 Å². The molecule has 19 heavy (non-hydrogen) atoms. The van der Waals surface area contributed by atoms with Crippen LogP contribution in [0.3, 0.4) is 0 Å². The lowest BCUT2D eigenvalue weighted by Gasteiger charge is -2.24. The topological polar surface area (TPSA) is 49.3 Å². The number of rotatable bonds is 4. The van der Waals surface area contributed by atoms with Gasteiger partial charge in [0.1, 0.15) is 0 Å². The molecule has 3 rings (SSSR count). The van der Waals surface area contributed by atoms with Crippen LogP contribution in [0.5, 0.6) is 0 Å². The summed E-state index contributed by atoms with van der Waals surface area (Å²) in [5.74, 6) is 1.66. The van der Waals surface area contributed by atoms with Crippen LogP contribution in [0.1, 0.15) is 37.3 Å². The van der Waals surface area contributed by atoms with Crippen molar-refractivity contribution in [3.05, 3.63) is 35.9 Å². The van der Waals surface area contributed by atoms with E-state index in [0.29, 0.717) is 5.92 Å². The second-order valence-corrected chi connectivity index (χ2v) is 5.94. The summed E-state index contributed by atoms with van der Waals surface area (Å²) in [7, 11) is 0. The molecule has 3 heteroatoms. The van der Waals surface area contributed by atoms with Crippen LogP contribution in [-0.2, 0) is 4.79 Å². The fourth-order valence-electron chi connectivity index (χ4n) is 3.76. The van der Waals surface area contributed by atoms with Gasteiger partial charge in [-0.3, -0.25) is 4.79 Å². The quantitative estimate of drug-likeness (QED) is 0.871. The van der Waals surface area contributed by atoms with Crippen LogP contribution >= 0.6 is 0 Å². The lowest BCUT2D eigenvalue weighted by Crippen LogP contribution is -2.37. The van der Waals surface area contributed by atoms with Crippen LogP contribution in [0.2, 0.25) is 0 Å². The minimum atomic E-state index is -0.271. The molecule has 0 aromatic heterocycles. The van der Waals surface area contributed by atoms with Crippen LogP contribution in [0.15, 0.2) is 30.3 Å². The Kier molecular flexibility index (Phi) is 3.56. The highest BCUT2D eigenvalue weighted by Crippen LogP contribution is 2.48. The summed E-state index contributed by atoms with van der Waals surface area (Å²) in [4.78, 5) is 12.4.